The normalized spacial score (nSPS) is 20.6. The molecule has 2 aromatic carbocycles. The van der Waals surface area contributed by atoms with Crippen LogP contribution < -0.4 is 0 Å². The van der Waals surface area contributed by atoms with E-state index < -0.39 is 39.6 Å². The summed E-state index contributed by atoms with van der Waals surface area (Å²) in [5.74, 6) is -2.77. The molecule has 1 aliphatic rings. The lowest BCUT2D eigenvalue weighted by atomic mass is 9.69. The molecule has 0 aliphatic heterocycles. The fourth-order valence-electron chi connectivity index (χ4n) is 4.87. The molecule has 0 fully saturated rings. The molecule has 1 unspecified atom stereocenters. The van der Waals surface area contributed by atoms with Gasteiger partial charge in [0, 0.05) is 22.0 Å². The van der Waals surface area contributed by atoms with Crippen LogP contribution in [0.5, 0.6) is 34.5 Å². The zero-order chi connectivity index (χ0) is 20.1. The number of hydrogen-bond acceptors (Lipinski definition) is 6. The molecule has 2 aromatic rings. The van der Waals surface area contributed by atoms with E-state index in [-0.39, 0.29) is 5.75 Å². The van der Waals surface area contributed by atoms with Gasteiger partial charge in [0.15, 0.2) is 23.0 Å². The molecular weight excluding hydrogens is 348 g/mol. The summed E-state index contributed by atoms with van der Waals surface area (Å²) in [6.07, 6.45) is 2.40. The summed E-state index contributed by atoms with van der Waals surface area (Å²) in [6, 6.07) is 4.31. The highest BCUT2D eigenvalue weighted by molar-refractivity contribution is 5.68. The van der Waals surface area contributed by atoms with Crippen LogP contribution in [0, 0.1) is 0 Å². The van der Waals surface area contributed by atoms with Gasteiger partial charge in [0.25, 0.3) is 0 Å². The number of benzene rings is 2. The smallest absolute Gasteiger partial charge is 0.200 e. The van der Waals surface area contributed by atoms with Gasteiger partial charge < -0.3 is 30.6 Å². The Morgan fingerprint density at radius 3 is 1.85 bits per heavy atom. The molecule has 0 saturated carbocycles. The molecule has 6 N–H and O–H groups in total. The Morgan fingerprint density at radius 2 is 1.30 bits per heavy atom. The van der Waals surface area contributed by atoms with Crippen molar-refractivity contribution >= 4 is 0 Å². The lowest BCUT2D eigenvalue weighted by Gasteiger charge is -2.34. The topological polar surface area (TPSA) is 121 Å². The molecule has 3 rings (SSSR count). The first-order chi connectivity index (χ1) is 12.7. The Labute approximate surface area is 158 Å². The minimum atomic E-state index is -0.806. The van der Waals surface area contributed by atoms with Gasteiger partial charge in [0.05, 0.1) is 0 Å². The van der Waals surface area contributed by atoms with E-state index in [2.05, 4.69) is 0 Å². The minimum Gasteiger partial charge on any atom is -0.504 e. The van der Waals surface area contributed by atoms with Crippen molar-refractivity contribution in [3.8, 4) is 34.5 Å². The molecule has 0 heterocycles. The third kappa shape index (κ3) is 2.32. The Balaban J connectivity index is 2.43. The largest absolute Gasteiger partial charge is 0.504 e. The first-order valence-electron chi connectivity index (χ1n) is 9.22. The van der Waals surface area contributed by atoms with Gasteiger partial charge >= 0.3 is 0 Å². The van der Waals surface area contributed by atoms with E-state index in [9.17, 15) is 30.6 Å². The molecule has 6 nitrogen and oxygen atoms in total. The fourth-order valence-corrected chi connectivity index (χ4v) is 4.87. The predicted molar refractivity (Wildman–Crippen MR) is 101 cm³/mol. The van der Waals surface area contributed by atoms with Crippen molar-refractivity contribution in [1.82, 2.24) is 0 Å². The molecule has 0 aromatic heterocycles. The third-order valence-corrected chi connectivity index (χ3v) is 6.54. The van der Waals surface area contributed by atoms with Crippen LogP contribution in [0.2, 0.25) is 0 Å². The number of phenols is 6. The van der Waals surface area contributed by atoms with Gasteiger partial charge in [-0.05, 0) is 43.4 Å². The van der Waals surface area contributed by atoms with Gasteiger partial charge in [-0.15, -0.1) is 0 Å². The summed E-state index contributed by atoms with van der Waals surface area (Å²) in [5, 5.41) is 61.3. The zero-order valence-corrected chi connectivity index (χ0v) is 15.7. The highest BCUT2D eigenvalue weighted by Crippen LogP contribution is 2.64. The molecule has 0 amide bonds. The zero-order valence-electron chi connectivity index (χ0n) is 15.7. The van der Waals surface area contributed by atoms with E-state index in [0.717, 1.165) is 0 Å². The van der Waals surface area contributed by atoms with Crippen molar-refractivity contribution in [2.24, 2.45) is 0 Å². The quantitative estimate of drug-likeness (QED) is 0.449. The number of rotatable bonds is 4. The summed E-state index contributed by atoms with van der Waals surface area (Å²) in [5.41, 5.74) is 0.313. The maximum absolute atomic E-state index is 10.7. The molecule has 1 aliphatic carbocycles. The summed E-state index contributed by atoms with van der Waals surface area (Å²) in [4.78, 5) is 0. The van der Waals surface area contributed by atoms with Crippen molar-refractivity contribution in [3.05, 3.63) is 34.9 Å². The second-order valence-electron chi connectivity index (χ2n) is 7.44. The van der Waals surface area contributed by atoms with Crippen LogP contribution in [0.1, 0.15) is 63.1 Å². The van der Waals surface area contributed by atoms with Gasteiger partial charge in [-0.1, -0.05) is 26.8 Å². The monoisotopic (exact) mass is 374 g/mol. The summed E-state index contributed by atoms with van der Waals surface area (Å²) in [6.45, 7) is 5.92. The first-order valence-corrected chi connectivity index (χ1v) is 9.22. The maximum atomic E-state index is 10.7. The molecule has 27 heavy (non-hydrogen) atoms. The maximum Gasteiger partial charge on any atom is 0.200 e. The average Bonchev–Trinajstić information content (AvgIpc) is 2.95. The highest BCUT2D eigenvalue weighted by atomic mass is 16.3. The molecule has 0 bridgehead atoms. The van der Waals surface area contributed by atoms with Gasteiger partial charge in [0.2, 0.25) is 11.5 Å². The Kier molecular flexibility index (Phi) is 4.33. The van der Waals surface area contributed by atoms with E-state index in [0.29, 0.717) is 42.4 Å². The van der Waals surface area contributed by atoms with Crippen molar-refractivity contribution in [2.45, 2.75) is 57.3 Å². The van der Waals surface area contributed by atoms with Crippen molar-refractivity contribution in [2.75, 3.05) is 0 Å². The van der Waals surface area contributed by atoms with Crippen molar-refractivity contribution < 1.29 is 30.6 Å². The van der Waals surface area contributed by atoms with Crippen LogP contribution in [0.15, 0.2) is 18.2 Å². The number of hydrogen-bond donors (Lipinski definition) is 6. The summed E-state index contributed by atoms with van der Waals surface area (Å²) < 4.78 is 0. The highest BCUT2D eigenvalue weighted by Gasteiger charge is 2.54. The van der Waals surface area contributed by atoms with Gasteiger partial charge in [-0.3, -0.25) is 0 Å². The lowest BCUT2D eigenvalue weighted by Crippen LogP contribution is -2.29. The van der Waals surface area contributed by atoms with Crippen LogP contribution in [-0.4, -0.2) is 30.6 Å². The Bertz CT molecular complexity index is 900. The third-order valence-electron chi connectivity index (χ3n) is 6.54. The van der Waals surface area contributed by atoms with Crippen LogP contribution in [0.3, 0.4) is 0 Å². The van der Waals surface area contributed by atoms with Crippen LogP contribution in [0.4, 0.5) is 0 Å². The Hall–Kier alpha value is -2.76. The van der Waals surface area contributed by atoms with E-state index in [4.69, 9.17) is 0 Å². The van der Waals surface area contributed by atoms with Crippen LogP contribution in [-0.2, 0) is 10.8 Å². The summed E-state index contributed by atoms with van der Waals surface area (Å²) in [7, 11) is 0. The Morgan fingerprint density at radius 1 is 0.704 bits per heavy atom. The second kappa shape index (κ2) is 6.15. The van der Waals surface area contributed by atoms with Crippen molar-refractivity contribution in [3.63, 3.8) is 0 Å². The molecule has 0 saturated heterocycles. The lowest BCUT2D eigenvalue weighted by molar-refractivity contribution is 0.303. The predicted octanol–water partition coefficient (Wildman–Crippen LogP) is 4.08. The number of fused-ring (bicyclic) bond motifs is 1. The standard InChI is InChI=1S/C21H26O6/c1-4-20(5-2)10-21(6-3,11-7-8-13(22)17(25)16(11)24)12-9-14(23)18(26)19(27)15(12)20/h7-9,22-27H,4-6,10H2,1-3H3. The van der Waals surface area contributed by atoms with Gasteiger partial charge in [0.1, 0.15) is 0 Å². The second-order valence-corrected chi connectivity index (χ2v) is 7.44. The molecule has 6 heteroatoms. The molecular formula is C21H26O6. The minimum absolute atomic E-state index is 0.341. The molecule has 1 atom stereocenters. The molecule has 0 radical (unpaired) electrons. The first kappa shape index (κ1) is 19.0. The van der Waals surface area contributed by atoms with E-state index in [1.807, 2.05) is 20.8 Å². The summed E-state index contributed by atoms with van der Waals surface area (Å²) >= 11 is 0. The fraction of sp³-hybridized carbons (Fsp3) is 0.429. The molecule has 146 valence electrons. The molecule has 0 spiro atoms. The van der Waals surface area contributed by atoms with E-state index >= 15 is 0 Å². The van der Waals surface area contributed by atoms with Crippen LogP contribution >= 0.6 is 0 Å². The van der Waals surface area contributed by atoms with E-state index in [1.165, 1.54) is 12.1 Å². The SMILES string of the molecule is CCC1(CC)CC(CC)(c2ccc(O)c(O)c2O)c2cc(O)c(O)c(O)c21. The van der Waals surface area contributed by atoms with Gasteiger partial charge in [-0.25, -0.2) is 0 Å². The number of phenolic OH excluding ortho intramolecular Hbond substituents is 6. The van der Waals surface area contributed by atoms with E-state index in [1.54, 1.807) is 6.07 Å². The van der Waals surface area contributed by atoms with Crippen LogP contribution in [0.25, 0.3) is 0 Å². The van der Waals surface area contributed by atoms with Crippen molar-refractivity contribution in [1.29, 1.82) is 0 Å². The van der Waals surface area contributed by atoms with Gasteiger partial charge in [-0.2, -0.15) is 0 Å². The average molecular weight is 374 g/mol. The number of aromatic hydroxyl groups is 6.